The average molecular weight is 605 g/mol. The molecule has 0 aromatic heterocycles. The van der Waals surface area contributed by atoms with Gasteiger partial charge in [0.15, 0.2) is 23.0 Å². The van der Waals surface area contributed by atoms with Gasteiger partial charge in [-0.25, -0.2) is 8.37 Å². The third-order valence-electron chi connectivity index (χ3n) is 5.83. The van der Waals surface area contributed by atoms with Crippen LogP contribution in [0.2, 0.25) is 0 Å². The lowest BCUT2D eigenvalue weighted by molar-refractivity contribution is 0.0572. The molecule has 3 rings (SSSR count). The molecule has 2 N–H and O–H groups in total. The number of ether oxygens (including phenoxy) is 4. The lowest BCUT2D eigenvalue weighted by Gasteiger charge is -2.25. The van der Waals surface area contributed by atoms with Crippen molar-refractivity contribution in [2.75, 3.05) is 26.4 Å². The Morgan fingerprint density at radius 3 is 1.18 bits per heavy atom. The molecule has 0 bridgehead atoms. The van der Waals surface area contributed by atoms with Crippen molar-refractivity contribution in [2.45, 2.75) is 64.6 Å². The first-order valence-electron chi connectivity index (χ1n) is 12.4. The minimum absolute atomic E-state index is 0.177. The zero-order valence-electron chi connectivity index (χ0n) is 23.2. The summed E-state index contributed by atoms with van der Waals surface area (Å²) in [4.78, 5) is 0. The predicted octanol–water partition coefficient (Wildman–Crippen LogP) is 3.89. The summed E-state index contributed by atoms with van der Waals surface area (Å²) >= 11 is 0. The molecular weight excluding hydrogens is 568 g/mol. The first-order valence-corrected chi connectivity index (χ1v) is 15.1. The fourth-order valence-electron chi connectivity index (χ4n) is 3.70. The number of fused-ring (bicyclic) bond motifs is 2. The van der Waals surface area contributed by atoms with Crippen LogP contribution in [0, 0.1) is 0 Å². The summed E-state index contributed by atoms with van der Waals surface area (Å²) < 4.78 is 97.8. The molecule has 0 fully saturated rings. The minimum Gasteiger partial charge on any atom is -0.487 e. The highest BCUT2D eigenvalue weighted by molar-refractivity contribution is 7.81. The number of hydrogen-bond acceptors (Lipinski definition) is 10. The zero-order chi connectivity index (χ0) is 29.9. The summed E-state index contributed by atoms with van der Waals surface area (Å²) in [6.07, 6.45) is -2.54. The quantitative estimate of drug-likeness (QED) is 0.485. The van der Waals surface area contributed by atoms with Crippen molar-refractivity contribution in [3.05, 3.63) is 47.5 Å². The molecule has 0 saturated heterocycles. The SMILES string of the molecule is CC(C)(C)c1ccc2c(c1)OCC(OS(=O)(=O)O)COc1ccc(C(C)(C)C)cc1OCC(OS(=O)(=O)O)CO2. The topological polar surface area (TPSA) is 164 Å². The first-order chi connectivity index (χ1) is 18.3. The van der Waals surface area contributed by atoms with Gasteiger partial charge in [-0.1, -0.05) is 53.7 Å². The van der Waals surface area contributed by atoms with Crippen molar-refractivity contribution in [3.63, 3.8) is 0 Å². The van der Waals surface area contributed by atoms with E-state index in [4.69, 9.17) is 27.3 Å². The second-order valence-corrected chi connectivity index (χ2v) is 13.5. The lowest BCUT2D eigenvalue weighted by atomic mass is 9.87. The minimum atomic E-state index is -4.86. The van der Waals surface area contributed by atoms with Crippen LogP contribution in [0.1, 0.15) is 52.7 Å². The Balaban J connectivity index is 2.04. The number of benzene rings is 2. The van der Waals surface area contributed by atoms with Gasteiger partial charge in [0.05, 0.1) is 0 Å². The molecule has 224 valence electrons. The second-order valence-electron chi connectivity index (χ2n) is 11.4. The highest BCUT2D eigenvalue weighted by Crippen LogP contribution is 2.36. The summed E-state index contributed by atoms with van der Waals surface area (Å²) in [5, 5.41) is 0. The number of hydrogen-bond donors (Lipinski definition) is 2. The van der Waals surface area contributed by atoms with Crippen molar-refractivity contribution >= 4 is 20.8 Å². The van der Waals surface area contributed by atoms with E-state index in [1.807, 2.05) is 41.5 Å². The van der Waals surface area contributed by atoms with E-state index < -0.39 is 33.0 Å². The first kappa shape index (κ1) is 31.9. The van der Waals surface area contributed by atoms with E-state index in [-0.39, 0.29) is 60.3 Å². The van der Waals surface area contributed by atoms with E-state index in [1.165, 1.54) is 0 Å². The van der Waals surface area contributed by atoms with Gasteiger partial charge in [-0.3, -0.25) is 9.11 Å². The fourth-order valence-corrected chi connectivity index (χ4v) is 4.61. The third kappa shape index (κ3) is 9.78. The van der Waals surface area contributed by atoms with Crippen LogP contribution in [-0.2, 0) is 40.0 Å². The molecule has 0 spiro atoms. The maximum Gasteiger partial charge on any atom is 0.397 e. The van der Waals surface area contributed by atoms with Crippen LogP contribution in [0.5, 0.6) is 23.0 Å². The molecular formula is C26H36O12S2. The van der Waals surface area contributed by atoms with E-state index in [2.05, 4.69) is 0 Å². The van der Waals surface area contributed by atoms with Gasteiger partial charge in [0.25, 0.3) is 0 Å². The largest absolute Gasteiger partial charge is 0.487 e. The van der Waals surface area contributed by atoms with Crippen molar-refractivity contribution in [1.82, 2.24) is 0 Å². The molecule has 12 nitrogen and oxygen atoms in total. The van der Waals surface area contributed by atoms with E-state index in [9.17, 15) is 25.9 Å². The maximum absolute atomic E-state index is 11.5. The van der Waals surface area contributed by atoms with Crippen LogP contribution in [0.3, 0.4) is 0 Å². The Hall–Kier alpha value is -2.62. The molecule has 40 heavy (non-hydrogen) atoms. The van der Waals surface area contributed by atoms with E-state index in [0.717, 1.165) is 11.1 Å². The Labute approximate surface area is 235 Å². The van der Waals surface area contributed by atoms with Crippen molar-refractivity contribution in [3.8, 4) is 23.0 Å². The zero-order valence-corrected chi connectivity index (χ0v) is 24.9. The lowest BCUT2D eigenvalue weighted by Crippen LogP contribution is -2.33. The molecule has 0 aliphatic carbocycles. The maximum atomic E-state index is 11.5. The van der Waals surface area contributed by atoms with Gasteiger partial charge < -0.3 is 18.9 Å². The molecule has 14 heteroatoms. The standard InChI is InChI=1S/C26H36O12S2/c1-25(2,3)17-7-9-21-23(11-17)35-15-19(37-39(27,28)29)14-34-22-10-8-18(26(4,5)6)12-24(22)36-16-20(13-33-21)38-40(30,31)32/h7-12,19-20H,13-16H2,1-6H3,(H,27,28,29)(H,30,31,32). The van der Waals surface area contributed by atoms with Crippen LogP contribution in [-0.4, -0.2) is 64.6 Å². The van der Waals surface area contributed by atoms with Gasteiger partial charge in [0, 0.05) is 0 Å². The van der Waals surface area contributed by atoms with Gasteiger partial charge >= 0.3 is 20.8 Å². The van der Waals surface area contributed by atoms with E-state index >= 15 is 0 Å². The van der Waals surface area contributed by atoms with Gasteiger partial charge in [-0.05, 0) is 46.2 Å². The van der Waals surface area contributed by atoms with Crippen LogP contribution in [0.25, 0.3) is 0 Å². The molecule has 2 aromatic carbocycles. The molecule has 0 amide bonds. The van der Waals surface area contributed by atoms with Gasteiger partial charge in [-0.2, -0.15) is 16.8 Å². The van der Waals surface area contributed by atoms with Gasteiger partial charge in [0.1, 0.15) is 38.6 Å². The molecule has 1 heterocycles. The monoisotopic (exact) mass is 604 g/mol. The fraction of sp³-hybridized carbons (Fsp3) is 0.538. The molecule has 1 aliphatic rings. The second kappa shape index (κ2) is 12.1. The van der Waals surface area contributed by atoms with Crippen LogP contribution >= 0.6 is 0 Å². The molecule has 2 atom stereocenters. The molecule has 2 aromatic rings. The van der Waals surface area contributed by atoms with Crippen LogP contribution in [0.4, 0.5) is 0 Å². The third-order valence-corrected chi connectivity index (χ3v) is 6.86. The molecule has 0 saturated carbocycles. The van der Waals surface area contributed by atoms with E-state index in [1.54, 1.807) is 36.4 Å². The predicted molar refractivity (Wildman–Crippen MR) is 145 cm³/mol. The summed E-state index contributed by atoms with van der Waals surface area (Å²) in [5.41, 5.74) is 1.14. The molecule has 2 unspecified atom stereocenters. The van der Waals surface area contributed by atoms with Crippen LogP contribution < -0.4 is 18.9 Å². The average Bonchev–Trinajstić information content (AvgIpc) is 2.79. The van der Waals surface area contributed by atoms with Crippen molar-refractivity contribution in [1.29, 1.82) is 0 Å². The summed E-state index contributed by atoms with van der Waals surface area (Å²) in [7, 11) is -9.72. The highest BCUT2D eigenvalue weighted by atomic mass is 32.3. The van der Waals surface area contributed by atoms with Crippen molar-refractivity contribution in [2.24, 2.45) is 0 Å². The summed E-state index contributed by atoms with van der Waals surface area (Å²) in [5.74, 6) is 0.734. The summed E-state index contributed by atoms with van der Waals surface area (Å²) in [6, 6.07) is 10.2. The Bertz CT molecular complexity index is 1280. The Morgan fingerprint density at radius 2 is 0.900 bits per heavy atom. The number of rotatable bonds is 4. The van der Waals surface area contributed by atoms with Crippen molar-refractivity contribution < 1.29 is 53.3 Å². The van der Waals surface area contributed by atoms with E-state index in [0.29, 0.717) is 0 Å². The molecule has 1 aliphatic heterocycles. The normalized spacial score (nSPS) is 19.5. The van der Waals surface area contributed by atoms with Gasteiger partial charge in [0.2, 0.25) is 0 Å². The Morgan fingerprint density at radius 1 is 0.600 bits per heavy atom. The molecule has 0 radical (unpaired) electrons. The van der Waals surface area contributed by atoms with Crippen LogP contribution in [0.15, 0.2) is 36.4 Å². The van der Waals surface area contributed by atoms with Gasteiger partial charge in [-0.15, -0.1) is 0 Å². The summed E-state index contributed by atoms with van der Waals surface area (Å²) in [6.45, 7) is 10.4. The highest BCUT2D eigenvalue weighted by Gasteiger charge is 2.26. The Kier molecular flexibility index (Phi) is 9.64. The smallest absolute Gasteiger partial charge is 0.397 e.